The molecule has 0 atom stereocenters. The maximum absolute atomic E-state index is 5.33. The molecule has 58 valence electrons. The maximum atomic E-state index is 5.33. The molecule has 0 aliphatic carbocycles. The quantitative estimate of drug-likeness (QED) is 0.646. The van der Waals surface area contributed by atoms with Crippen molar-refractivity contribution in [3.63, 3.8) is 0 Å². The molecule has 0 saturated heterocycles. The second kappa shape index (κ2) is 6.33. The van der Waals surface area contributed by atoms with Crippen LogP contribution in [-0.4, -0.2) is 31.1 Å². The van der Waals surface area contributed by atoms with Gasteiger partial charge in [0.2, 0.25) is 0 Å². The number of nitrogens with two attached hydrogens (primary N) is 1. The zero-order valence-corrected chi connectivity index (χ0v) is 7.24. The van der Waals surface area contributed by atoms with E-state index in [1.54, 1.807) is 0 Å². The minimum absolute atomic E-state index is 0. The molecule has 0 amide bonds. The summed E-state index contributed by atoms with van der Waals surface area (Å²) in [7, 11) is 2.08. The van der Waals surface area contributed by atoms with E-state index in [9.17, 15) is 0 Å². The van der Waals surface area contributed by atoms with Gasteiger partial charge in [-0.2, -0.15) is 0 Å². The van der Waals surface area contributed by atoms with Crippen molar-refractivity contribution in [2.24, 2.45) is 5.73 Å². The highest BCUT2D eigenvalue weighted by molar-refractivity contribution is 5.85. The van der Waals surface area contributed by atoms with Crippen LogP contribution in [0.3, 0.4) is 0 Å². The molecule has 0 radical (unpaired) electrons. The molecule has 0 aromatic heterocycles. The van der Waals surface area contributed by atoms with Crippen molar-refractivity contribution in [3.8, 4) is 0 Å². The first-order valence-corrected chi connectivity index (χ1v) is 3.08. The molecule has 0 saturated carbocycles. The number of nitrogens with zero attached hydrogens (tertiary/aromatic N) is 1. The lowest BCUT2D eigenvalue weighted by atomic mass is 10.3. The highest BCUT2D eigenvalue weighted by atomic mass is 35.5. The van der Waals surface area contributed by atoms with Crippen molar-refractivity contribution < 1.29 is 0 Å². The summed E-state index contributed by atoms with van der Waals surface area (Å²) in [5.41, 5.74) is 5.33. The van der Waals surface area contributed by atoms with Gasteiger partial charge < -0.3 is 10.6 Å². The predicted octanol–water partition coefficient (Wildman–Crippen LogP) is 0.707. The van der Waals surface area contributed by atoms with Gasteiger partial charge in [-0.15, -0.1) is 12.4 Å². The van der Waals surface area contributed by atoms with Gasteiger partial charge in [-0.05, 0) is 20.9 Å². The van der Waals surface area contributed by atoms with Crippen LogP contribution in [0.4, 0.5) is 0 Å². The van der Waals surface area contributed by atoms with Crippen molar-refractivity contribution >= 4 is 12.4 Å². The van der Waals surface area contributed by atoms with E-state index >= 15 is 0 Å². The van der Waals surface area contributed by atoms with E-state index < -0.39 is 0 Å². The summed E-state index contributed by atoms with van der Waals surface area (Å²) >= 11 is 0. The Kier molecular flexibility index (Phi) is 8.40. The first kappa shape index (κ1) is 11.9. The van der Waals surface area contributed by atoms with Crippen LogP contribution in [0, 0.1) is 0 Å². The molecule has 0 spiro atoms. The summed E-state index contributed by atoms with van der Waals surface area (Å²) in [6.45, 7) is 6.08. The van der Waals surface area contributed by atoms with Crippen LogP contribution in [-0.2, 0) is 0 Å². The van der Waals surface area contributed by atoms with Crippen LogP contribution in [0.5, 0.6) is 0 Å². The molecule has 0 aliphatic heterocycles. The molecule has 9 heavy (non-hydrogen) atoms. The highest BCUT2D eigenvalue weighted by Gasteiger charge is 1.98. The van der Waals surface area contributed by atoms with E-state index in [0.717, 1.165) is 13.1 Å². The number of halogens is 1. The fourth-order valence-electron chi connectivity index (χ4n) is 0.462. The molecule has 0 fully saturated rings. The van der Waals surface area contributed by atoms with Crippen molar-refractivity contribution in [2.45, 2.75) is 19.9 Å². The standard InChI is InChI=1S/C6H16N2.ClH/c1-6(2)8(3)5-4-7;/h6H,4-5,7H2,1-3H3;1H. The fourth-order valence-corrected chi connectivity index (χ4v) is 0.462. The largest absolute Gasteiger partial charge is 0.329 e. The smallest absolute Gasteiger partial charge is 0.0104 e. The number of likely N-dealkylation sites (N-methyl/N-ethyl adjacent to an activating group) is 1. The van der Waals surface area contributed by atoms with Gasteiger partial charge in [-0.3, -0.25) is 0 Å². The van der Waals surface area contributed by atoms with Crippen LogP contribution in [0.15, 0.2) is 0 Å². The Morgan fingerprint density at radius 2 is 1.89 bits per heavy atom. The van der Waals surface area contributed by atoms with Gasteiger partial charge >= 0.3 is 0 Å². The first-order valence-electron chi connectivity index (χ1n) is 3.08. The van der Waals surface area contributed by atoms with Crippen molar-refractivity contribution in [1.29, 1.82) is 0 Å². The van der Waals surface area contributed by atoms with Gasteiger partial charge in [0.15, 0.2) is 0 Å². The summed E-state index contributed by atoms with van der Waals surface area (Å²) in [6, 6.07) is 0.624. The summed E-state index contributed by atoms with van der Waals surface area (Å²) in [5, 5.41) is 0. The van der Waals surface area contributed by atoms with E-state index in [4.69, 9.17) is 5.73 Å². The lowest BCUT2D eigenvalue weighted by Gasteiger charge is -2.19. The number of hydrogen-bond acceptors (Lipinski definition) is 2. The number of hydrogen-bond donors (Lipinski definition) is 1. The highest BCUT2D eigenvalue weighted by Crippen LogP contribution is 1.89. The second-order valence-electron chi connectivity index (χ2n) is 2.36. The molecule has 3 heteroatoms. The zero-order valence-electron chi connectivity index (χ0n) is 6.42. The summed E-state index contributed by atoms with van der Waals surface area (Å²) < 4.78 is 0. The molecule has 2 nitrogen and oxygen atoms in total. The number of rotatable bonds is 3. The third kappa shape index (κ3) is 6.09. The van der Waals surface area contributed by atoms with E-state index in [-0.39, 0.29) is 12.4 Å². The Labute approximate surface area is 63.8 Å². The summed E-state index contributed by atoms with van der Waals surface area (Å²) in [5.74, 6) is 0. The van der Waals surface area contributed by atoms with Crippen LogP contribution < -0.4 is 5.73 Å². The van der Waals surface area contributed by atoms with Gasteiger partial charge in [0.05, 0.1) is 0 Å². The molecule has 0 rings (SSSR count). The first-order chi connectivity index (χ1) is 3.68. The lowest BCUT2D eigenvalue weighted by molar-refractivity contribution is 0.282. The summed E-state index contributed by atoms with van der Waals surface area (Å²) in [6.07, 6.45) is 0. The monoisotopic (exact) mass is 152 g/mol. The molecule has 2 N–H and O–H groups in total. The topological polar surface area (TPSA) is 29.3 Å². The summed E-state index contributed by atoms with van der Waals surface area (Å²) in [4.78, 5) is 2.22. The van der Waals surface area contributed by atoms with Crippen LogP contribution in [0.25, 0.3) is 0 Å². The second-order valence-corrected chi connectivity index (χ2v) is 2.36. The average molecular weight is 153 g/mol. The molecule has 0 aliphatic rings. The zero-order chi connectivity index (χ0) is 6.57. The molecule has 0 aromatic carbocycles. The Morgan fingerprint density at radius 3 is 2.00 bits per heavy atom. The van der Waals surface area contributed by atoms with Gasteiger partial charge in [0.25, 0.3) is 0 Å². The molecule has 0 bridgehead atoms. The molecular weight excluding hydrogens is 136 g/mol. The molecular formula is C6H17ClN2. The van der Waals surface area contributed by atoms with Gasteiger partial charge in [0.1, 0.15) is 0 Å². The van der Waals surface area contributed by atoms with Crippen molar-refractivity contribution in [3.05, 3.63) is 0 Å². The minimum atomic E-state index is 0. The van der Waals surface area contributed by atoms with Gasteiger partial charge in [-0.1, -0.05) is 0 Å². The molecule has 0 unspecified atom stereocenters. The fraction of sp³-hybridized carbons (Fsp3) is 1.00. The molecule has 0 aromatic rings. The van der Waals surface area contributed by atoms with Crippen molar-refractivity contribution in [1.82, 2.24) is 4.90 Å². The predicted molar refractivity (Wildman–Crippen MR) is 44.1 cm³/mol. The Morgan fingerprint density at radius 1 is 1.44 bits per heavy atom. The van der Waals surface area contributed by atoms with Crippen molar-refractivity contribution in [2.75, 3.05) is 20.1 Å². The molecule has 0 heterocycles. The van der Waals surface area contributed by atoms with E-state index in [2.05, 4.69) is 25.8 Å². The SMILES string of the molecule is CC(C)N(C)CCN.Cl. The van der Waals surface area contributed by atoms with E-state index in [0.29, 0.717) is 6.04 Å². The Hall–Kier alpha value is 0.210. The van der Waals surface area contributed by atoms with Crippen LogP contribution in [0.2, 0.25) is 0 Å². The van der Waals surface area contributed by atoms with E-state index in [1.165, 1.54) is 0 Å². The minimum Gasteiger partial charge on any atom is -0.329 e. The van der Waals surface area contributed by atoms with Crippen LogP contribution >= 0.6 is 12.4 Å². The average Bonchev–Trinajstić information content (AvgIpc) is 1.67. The van der Waals surface area contributed by atoms with Crippen LogP contribution in [0.1, 0.15) is 13.8 Å². The van der Waals surface area contributed by atoms with Gasteiger partial charge in [-0.25, -0.2) is 0 Å². The van der Waals surface area contributed by atoms with Gasteiger partial charge in [0, 0.05) is 19.1 Å². The maximum Gasteiger partial charge on any atom is 0.0104 e. The normalized spacial score (nSPS) is 10.0. The van der Waals surface area contributed by atoms with E-state index in [1.807, 2.05) is 0 Å². The third-order valence-corrected chi connectivity index (χ3v) is 1.36. The lowest BCUT2D eigenvalue weighted by Crippen LogP contribution is -2.31. The Balaban J connectivity index is 0. The Bertz CT molecular complexity index is 57.0. The third-order valence-electron chi connectivity index (χ3n) is 1.36.